The van der Waals surface area contributed by atoms with Gasteiger partial charge in [0.2, 0.25) is 10.0 Å². The maximum absolute atomic E-state index is 11.9. The first-order chi connectivity index (χ1) is 9.43. The molecule has 0 unspecified atom stereocenters. The van der Waals surface area contributed by atoms with E-state index in [4.69, 9.17) is 5.11 Å². The zero-order chi connectivity index (χ0) is 15.0. The average molecular weight is 300 g/mol. The number of rotatable bonds is 9. The largest absolute Gasteiger partial charge is 0.392 e. The molecule has 0 fully saturated rings. The summed E-state index contributed by atoms with van der Waals surface area (Å²) in [5, 5.41) is 9.04. The van der Waals surface area contributed by atoms with Gasteiger partial charge in [-0.1, -0.05) is 24.3 Å². The lowest BCUT2D eigenvalue weighted by Gasteiger charge is -2.10. The molecule has 0 aromatic heterocycles. The molecule has 0 aliphatic carbocycles. The van der Waals surface area contributed by atoms with Crippen molar-refractivity contribution in [1.82, 2.24) is 9.62 Å². The molecule has 0 saturated heterocycles. The third kappa shape index (κ3) is 7.00. The van der Waals surface area contributed by atoms with E-state index in [1.807, 2.05) is 14.1 Å². The Hall–Kier alpha value is -0.950. The van der Waals surface area contributed by atoms with Gasteiger partial charge in [-0.05, 0) is 44.6 Å². The van der Waals surface area contributed by atoms with Crippen molar-refractivity contribution < 1.29 is 13.5 Å². The van der Waals surface area contributed by atoms with Crippen molar-refractivity contribution in [3.05, 3.63) is 35.4 Å². The summed E-state index contributed by atoms with van der Waals surface area (Å²) in [6.45, 7) is 1.35. The van der Waals surface area contributed by atoms with E-state index in [9.17, 15) is 8.42 Å². The predicted octanol–water partition coefficient (Wildman–Crippen LogP) is 0.940. The summed E-state index contributed by atoms with van der Waals surface area (Å²) in [4.78, 5) is 2.08. The first-order valence-electron chi connectivity index (χ1n) is 6.74. The maximum Gasteiger partial charge on any atom is 0.215 e. The fourth-order valence-electron chi connectivity index (χ4n) is 1.87. The maximum atomic E-state index is 11.9. The Bertz CT molecular complexity index is 501. The Balaban J connectivity index is 2.41. The van der Waals surface area contributed by atoms with E-state index in [0.717, 1.165) is 24.9 Å². The number of unbranched alkanes of at least 4 members (excludes halogenated alkanes) is 1. The Kier molecular flexibility index (Phi) is 7.15. The monoisotopic (exact) mass is 300 g/mol. The van der Waals surface area contributed by atoms with Gasteiger partial charge in [-0.25, -0.2) is 13.1 Å². The van der Waals surface area contributed by atoms with Crippen LogP contribution < -0.4 is 4.72 Å². The SMILES string of the molecule is CN(C)CCCCNS(=O)(=O)Cc1cccc(CO)c1. The van der Waals surface area contributed by atoms with Gasteiger partial charge in [0.05, 0.1) is 12.4 Å². The van der Waals surface area contributed by atoms with Gasteiger partial charge in [0, 0.05) is 6.54 Å². The fraction of sp³-hybridized carbons (Fsp3) is 0.571. The third-order valence-corrected chi connectivity index (χ3v) is 4.24. The molecule has 0 spiro atoms. The van der Waals surface area contributed by atoms with Gasteiger partial charge < -0.3 is 10.0 Å². The number of aliphatic hydroxyl groups excluding tert-OH is 1. The number of nitrogens with zero attached hydrogens (tertiary/aromatic N) is 1. The van der Waals surface area contributed by atoms with E-state index < -0.39 is 10.0 Å². The number of sulfonamides is 1. The second kappa shape index (κ2) is 8.36. The van der Waals surface area contributed by atoms with Crippen LogP contribution in [0, 0.1) is 0 Å². The van der Waals surface area contributed by atoms with Gasteiger partial charge in [0.25, 0.3) is 0 Å². The predicted molar refractivity (Wildman–Crippen MR) is 80.8 cm³/mol. The van der Waals surface area contributed by atoms with Crippen LogP contribution in [0.25, 0.3) is 0 Å². The van der Waals surface area contributed by atoms with E-state index >= 15 is 0 Å². The molecule has 1 rings (SSSR count). The number of hydrogen-bond acceptors (Lipinski definition) is 4. The van der Waals surface area contributed by atoms with Crippen molar-refractivity contribution in [3.63, 3.8) is 0 Å². The number of nitrogens with one attached hydrogen (secondary N) is 1. The molecule has 1 aromatic carbocycles. The summed E-state index contributed by atoms with van der Waals surface area (Å²) < 4.78 is 26.4. The van der Waals surface area contributed by atoms with Gasteiger partial charge in [0.1, 0.15) is 0 Å². The smallest absolute Gasteiger partial charge is 0.215 e. The molecule has 1 aromatic rings. The molecule has 0 aliphatic rings. The molecule has 6 heteroatoms. The average Bonchev–Trinajstić information content (AvgIpc) is 2.37. The van der Waals surface area contributed by atoms with E-state index in [1.165, 1.54) is 0 Å². The summed E-state index contributed by atoms with van der Waals surface area (Å²) in [6.07, 6.45) is 1.80. The van der Waals surface area contributed by atoms with Gasteiger partial charge in [-0.3, -0.25) is 0 Å². The fourth-order valence-corrected chi connectivity index (χ4v) is 3.04. The zero-order valence-corrected chi connectivity index (χ0v) is 13.0. The molecule has 0 bridgehead atoms. The second-order valence-corrected chi connectivity index (χ2v) is 6.95. The van der Waals surface area contributed by atoms with Crippen LogP contribution in [0.5, 0.6) is 0 Å². The van der Waals surface area contributed by atoms with Gasteiger partial charge >= 0.3 is 0 Å². The molecule has 0 amide bonds. The Morgan fingerprint density at radius 1 is 1.20 bits per heavy atom. The second-order valence-electron chi connectivity index (χ2n) is 5.14. The van der Waals surface area contributed by atoms with Crippen LogP contribution in [0.4, 0.5) is 0 Å². The van der Waals surface area contributed by atoms with Gasteiger partial charge in [-0.15, -0.1) is 0 Å². The first-order valence-corrected chi connectivity index (χ1v) is 8.39. The Morgan fingerprint density at radius 3 is 2.55 bits per heavy atom. The standard InChI is InChI=1S/C14H24N2O3S/c1-16(2)9-4-3-8-15-20(18,19)12-14-7-5-6-13(10-14)11-17/h5-7,10,15,17H,3-4,8-9,11-12H2,1-2H3. The molecule has 0 aliphatic heterocycles. The third-order valence-electron chi connectivity index (χ3n) is 2.88. The molecule has 5 nitrogen and oxygen atoms in total. The molecule has 2 N–H and O–H groups in total. The molecular formula is C14H24N2O3S. The van der Waals surface area contributed by atoms with Crippen LogP contribution in [0.15, 0.2) is 24.3 Å². The highest BCUT2D eigenvalue weighted by Crippen LogP contribution is 2.08. The highest BCUT2D eigenvalue weighted by Gasteiger charge is 2.11. The van der Waals surface area contributed by atoms with Crippen molar-refractivity contribution in [2.24, 2.45) is 0 Å². The summed E-state index contributed by atoms with van der Waals surface area (Å²) in [7, 11) is 0.691. The summed E-state index contributed by atoms with van der Waals surface area (Å²) in [6, 6.07) is 6.99. The zero-order valence-electron chi connectivity index (χ0n) is 12.2. The van der Waals surface area contributed by atoms with E-state index in [-0.39, 0.29) is 12.4 Å². The van der Waals surface area contributed by atoms with Crippen LogP contribution in [-0.4, -0.2) is 45.6 Å². The van der Waals surface area contributed by atoms with Crippen LogP contribution in [0.3, 0.4) is 0 Å². The van der Waals surface area contributed by atoms with Gasteiger partial charge in [0.15, 0.2) is 0 Å². The minimum atomic E-state index is -3.31. The number of hydrogen-bond donors (Lipinski definition) is 2. The summed E-state index contributed by atoms with van der Waals surface area (Å²) in [5.41, 5.74) is 1.42. The van der Waals surface area contributed by atoms with Crippen molar-refractivity contribution in [1.29, 1.82) is 0 Å². The van der Waals surface area contributed by atoms with Crippen molar-refractivity contribution in [2.45, 2.75) is 25.2 Å². The van der Waals surface area contributed by atoms with Crippen LogP contribution in [-0.2, 0) is 22.4 Å². The molecule has 0 heterocycles. The molecule has 0 saturated carbocycles. The van der Waals surface area contributed by atoms with Crippen LogP contribution in [0.2, 0.25) is 0 Å². The normalized spacial score (nSPS) is 12.0. The quantitative estimate of drug-likeness (QED) is 0.666. The number of aliphatic hydroxyl groups is 1. The topological polar surface area (TPSA) is 69.6 Å². The molecular weight excluding hydrogens is 276 g/mol. The minimum absolute atomic E-state index is 0.0471. The molecule has 0 radical (unpaired) electrons. The lowest BCUT2D eigenvalue weighted by atomic mass is 10.1. The number of benzene rings is 1. The van der Waals surface area contributed by atoms with Gasteiger partial charge in [-0.2, -0.15) is 0 Å². The van der Waals surface area contributed by atoms with E-state index in [1.54, 1.807) is 24.3 Å². The highest BCUT2D eigenvalue weighted by atomic mass is 32.2. The highest BCUT2D eigenvalue weighted by molar-refractivity contribution is 7.88. The van der Waals surface area contributed by atoms with E-state index in [2.05, 4.69) is 9.62 Å². The first kappa shape index (κ1) is 17.1. The molecule has 0 atom stereocenters. The molecule has 114 valence electrons. The summed E-state index contributed by atoms with van der Waals surface area (Å²) in [5.74, 6) is -0.0471. The van der Waals surface area contributed by atoms with E-state index in [0.29, 0.717) is 12.1 Å². The Morgan fingerprint density at radius 2 is 1.90 bits per heavy atom. The Labute approximate surface area is 121 Å². The lowest BCUT2D eigenvalue weighted by Crippen LogP contribution is -2.26. The lowest BCUT2D eigenvalue weighted by molar-refractivity contribution is 0.282. The summed E-state index contributed by atoms with van der Waals surface area (Å²) >= 11 is 0. The molecule has 20 heavy (non-hydrogen) atoms. The van der Waals surface area contributed by atoms with Crippen LogP contribution >= 0.6 is 0 Å². The van der Waals surface area contributed by atoms with Crippen molar-refractivity contribution >= 4 is 10.0 Å². The van der Waals surface area contributed by atoms with Crippen molar-refractivity contribution in [2.75, 3.05) is 27.2 Å². The van der Waals surface area contributed by atoms with Crippen LogP contribution in [0.1, 0.15) is 24.0 Å². The van der Waals surface area contributed by atoms with Crippen molar-refractivity contribution in [3.8, 4) is 0 Å². The minimum Gasteiger partial charge on any atom is -0.392 e.